The number of ether oxygens (including phenoxy) is 2. The van der Waals surface area contributed by atoms with Gasteiger partial charge in [0.1, 0.15) is 0 Å². The summed E-state index contributed by atoms with van der Waals surface area (Å²) in [6, 6.07) is 10.4. The maximum absolute atomic E-state index is 12.5. The molecule has 0 fully saturated rings. The summed E-state index contributed by atoms with van der Waals surface area (Å²) in [4.78, 5) is 14.0. The average Bonchev–Trinajstić information content (AvgIpc) is 2.94. The highest BCUT2D eigenvalue weighted by Gasteiger charge is 2.18. The molecule has 4 nitrogen and oxygen atoms in total. The smallest absolute Gasteiger partial charge is 0.255 e. The first-order valence-corrected chi connectivity index (χ1v) is 7.39. The molecule has 6 heteroatoms. The maximum Gasteiger partial charge on any atom is 0.255 e. The Morgan fingerprint density at radius 1 is 1.14 bits per heavy atom. The Balaban J connectivity index is 1.76. The van der Waals surface area contributed by atoms with Crippen LogP contribution in [-0.2, 0) is 6.54 Å². The first-order chi connectivity index (χ1) is 10.5. The second-order valence-corrected chi connectivity index (χ2v) is 5.82. The van der Waals surface area contributed by atoms with Gasteiger partial charge in [-0.15, -0.1) is 0 Å². The number of halogens is 2. The van der Waals surface area contributed by atoms with E-state index in [1.165, 1.54) is 0 Å². The molecule has 3 rings (SSSR count). The van der Waals surface area contributed by atoms with Crippen LogP contribution in [0.1, 0.15) is 15.9 Å². The van der Waals surface area contributed by atoms with Gasteiger partial charge in [0.2, 0.25) is 6.79 Å². The Morgan fingerprint density at radius 3 is 2.68 bits per heavy atom. The van der Waals surface area contributed by atoms with E-state index in [0.29, 0.717) is 27.9 Å². The van der Waals surface area contributed by atoms with Crippen molar-refractivity contribution in [2.45, 2.75) is 6.54 Å². The average molecular weight is 338 g/mol. The zero-order valence-corrected chi connectivity index (χ0v) is 13.3. The lowest BCUT2D eigenvalue weighted by molar-refractivity contribution is 0.0785. The summed E-state index contributed by atoms with van der Waals surface area (Å²) in [5.74, 6) is 1.25. The van der Waals surface area contributed by atoms with Gasteiger partial charge in [0.25, 0.3) is 5.91 Å². The number of fused-ring (bicyclic) bond motifs is 1. The minimum atomic E-state index is -0.167. The van der Waals surface area contributed by atoms with Crippen LogP contribution in [0.5, 0.6) is 11.5 Å². The minimum Gasteiger partial charge on any atom is -0.454 e. The van der Waals surface area contributed by atoms with Crippen molar-refractivity contribution in [2.75, 3.05) is 13.8 Å². The van der Waals surface area contributed by atoms with Crippen molar-refractivity contribution < 1.29 is 14.3 Å². The minimum absolute atomic E-state index is 0.167. The third kappa shape index (κ3) is 2.98. The summed E-state index contributed by atoms with van der Waals surface area (Å²) < 4.78 is 10.6. The monoisotopic (exact) mass is 337 g/mol. The Hall–Kier alpha value is -1.91. The zero-order valence-electron chi connectivity index (χ0n) is 11.8. The number of carbonyl (C=O) groups excluding carboxylic acids is 1. The van der Waals surface area contributed by atoms with Gasteiger partial charge in [-0.2, -0.15) is 0 Å². The fraction of sp³-hybridized carbons (Fsp3) is 0.188. The standard InChI is InChI=1S/C16H13Cl2NO3/c1-19(16(20)12-4-3-11(17)7-13(12)18)8-10-2-5-14-15(6-10)22-9-21-14/h2-7H,8-9H2,1H3. The Kier molecular flexibility index (Phi) is 4.14. The number of hydrogen-bond donors (Lipinski definition) is 0. The van der Waals surface area contributed by atoms with Gasteiger partial charge in [-0.05, 0) is 35.9 Å². The molecule has 0 N–H and O–H groups in total. The van der Waals surface area contributed by atoms with Crippen LogP contribution in [0, 0.1) is 0 Å². The molecule has 0 aromatic heterocycles. The topological polar surface area (TPSA) is 38.8 Å². The molecule has 2 aromatic rings. The number of hydrogen-bond acceptors (Lipinski definition) is 3. The normalized spacial score (nSPS) is 12.3. The van der Waals surface area contributed by atoms with Gasteiger partial charge < -0.3 is 14.4 Å². The summed E-state index contributed by atoms with van der Waals surface area (Å²) in [5.41, 5.74) is 1.37. The molecule has 0 bridgehead atoms. The second-order valence-electron chi connectivity index (χ2n) is 4.97. The summed E-state index contributed by atoms with van der Waals surface area (Å²) in [6.07, 6.45) is 0. The van der Waals surface area contributed by atoms with E-state index in [4.69, 9.17) is 32.7 Å². The molecule has 1 aliphatic heterocycles. The first kappa shape index (κ1) is 15.0. The highest BCUT2D eigenvalue weighted by atomic mass is 35.5. The van der Waals surface area contributed by atoms with Gasteiger partial charge in [0.15, 0.2) is 11.5 Å². The van der Waals surface area contributed by atoms with Crippen LogP contribution in [0.3, 0.4) is 0 Å². The lowest BCUT2D eigenvalue weighted by Gasteiger charge is -2.18. The second kappa shape index (κ2) is 6.07. The van der Waals surface area contributed by atoms with E-state index in [-0.39, 0.29) is 12.7 Å². The number of benzene rings is 2. The lowest BCUT2D eigenvalue weighted by Crippen LogP contribution is -2.26. The third-order valence-electron chi connectivity index (χ3n) is 3.36. The van der Waals surface area contributed by atoms with Gasteiger partial charge in [-0.1, -0.05) is 29.3 Å². The van der Waals surface area contributed by atoms with Crippen molar-refractivity contribution in [2.24, 2.45) is 0 Å². The van der Waals surface area contributed by atoms with Crippen LogP contribution in [-0.4, -0.2) is 24.6 Å². The van der Waals surface area contributed by atoms with E-state index in [1.54, 1.807) is 30.1 Å². The van der Waals surface area contributed by atoms with E-state index in [1.807, 2.05) is 18.2 Å². The van der Waals surface area contributed by atoms with Gasteiger partial charge in [0.05, 0.1) is 10.6 Å². The molecule has 0 unspecified atom stereocenters. The Labute approximate surface area is 138 Å². The summed E-state index contributed by atoms with van der Waals surface area (Å²) in [7, 11) is 1.72. The number of rotatable bonds is 3. The van der Waals surface area contributed by atoms with Crippen molar-refractivity contribution in [3.05, 3.63) is 57.6 Å². The molecule has 0 radical (unpaired) electrons. The maximum atomic E-state index is 12.5. The summed E-state index contributed by atoms with van der Waals surface area (Å²) in [6.45, 7) is 0.669. The van der Waals surface area contributed by atoms with Crippen molar-refractivity contribution >= 4 is 29.1 Å². The molecule has 114 valence electrons. The van der Waals surface area contributed by atoms with E-state index >= 15 is 0 Å². The number of amides is 1. The predicted molar refractivity (Wildman–Crippen MR) is 84.8 cm³/mol. The van der Waals surface area contributed by atoms with Crippen LogP contribution in [0.25, 0.3) is 0 Å². The van der Waals surface area contributed by atoms with Crippen LogP contribution in [0.4, 0.5) is 0 Å². The van der Waals surface area contributed by atoms with Crippen LogP contribution in [0.2, 0.25) is 10.0 Å². The highest BCUT2D eigenvalue weighted by Crippen LogP contribution is 2.33. The molecule has 1 heterocycles. The molecule has 0 saturated heterocycles. The summed E-state index contributed by atoms with van der Waals surface area (Å²) in [5, 5.41) is 0.843. The molecule has 0 aliphatic carbocycles. The van der Waals surface area contributed by atoms with E-state index in [2.05, 4.69) is 0 Å². The van der Waals surface area contributed by atoms with Crippen molar-refractivity contribution in [1.82, 2.24) is 4.90 Å². The number of carbonyl (C=O) groups is 1. The van der Waals surface area contributed by atoms with Crippen LogP contribution in [0.15, 0.2) is 36.4 Å². The van der Waals surface area contributed by atoms with Gasteiger partial charge in [-0.25, -0.2) is 0 Å². The van der Waals surface area contributed by atoms with Crippen molar-refractivity contribution in [1.29, 1.82) is 0 Å². The van der Waals surface area contributed by atoms with Gasteiger partial charge >= 0.3 is 0 Å². The van der Waals surface area contributed by atoms with Crippen LogP contribution >= 0.6 is 23.2 Å². The summed E-state index contributed by atoms with van der Waals surface area (Å²) >= 11 is 11.9. The Bertz CT molecular complexity index is 733. The molecule has 0 saturated carbocycles. The van der Waals surface area contributed by atoms with Gasteiger partial charge in [0, 0.05) is 18.6 Å². The van der Waals surface area contributed by atoms with E-state index in [9.17, 15) is 4.79 Å². The Morgan fingerprint density at radius 2 is 1.91 bits per heavy atom. The fourth-order valence-corrected chi connectivity index (χ4v) is 2.74. The molecule has 1 aliphatic rings. The van der Waals surface area contributed by atoms with E-state index < -0.39 is 0 Å². The van der Waals surface area contributed by atoms with Crippen molar-refractivity contribution in [3.63, 3.8) is 0 Å². The third-order valence-corrected chi connectivity index (χ3v) is 3.91. The SMILES string of the molecule is CN(Cc1ccc2c(c1)OCO2)C(=O)c1ccc(Cl)cc1Cl. The van der Waals surface area contributed by atoms with Crippen LogP contribution < -0.4 is 9.47 Å². The molecular weight excluding hydrogens is 325 g/mol. The molecule has 0 atom stereocenters. The molecule has 2 aromatic carbocycles. The lowest BCUT2D eigenvalue weighted by atomic mass is 10.1. The van der Waals surface area contributed by atoms with Gasteiger partial charge in [-0.3, -0.25) is 4.79 Å². The quantitative estimate of drug-likeness (QED) is 0.849. The molecule has 0 spiro atoms. The highest BCUT2D eigenvalue weighted by molar-refractivity contribution is 6.36. The van der Waals surface area contributed by atoms with E-state index in [0.717, 1.165) is 11.3 Å². The molecule has 1 amide bonds. The fourth-order valence-electron chi connectivity index (χ4n) is 2.25. The zero-order chi connectivity index (χ0) is 15.7. The number of nitrogens with zero attached hydrogens (tertiary/aromatic N) is 1. The first-order valence-electron chi connectivity index (χ1n) is 6.63. The van der Waals surface area contributed by atoms with Crippen molar-refractivity contribution in [3.8, 4) is 11.5 Å². The molecule has 22 heavy (non-hydrogen) atoms. The molecular formula is C16H13Cl2NO3. The largest absolute Gasteiger partial charge is 0.454 e. The predicted octanol–water partition coefficient (Wildman–Crippen LogP) is 3.99.